The van der Waals surface area contributed by atoms with Crippen molar-refractivity contribution in [2.24, 2.45) is 0 Å². The summed E-state index contributed by atoms with van der Waals surface area (Å²) in [7, 11) is 3.49. The molecule has 0 aromatic heterocycles. The first kappa shape index (κ1) is 13.6. The summed E-state index contributed by atoms with van der Waals surface area (Å²) in [6.45, 7) is 2.03. The molecule has 6 heteroatoms. The topological polar surface area (TPSA) is 42.0 Å². The molecule has 0 saturated carbocycles. The highest BCUT2D eigenvalue weighted by Crippen LogP contribution is 2.38. The van der Waals surface area contributed by atoms with E-state index in [1.165, 1.54) is 4.90 Å². The van der Waals surface area contributed by atoms with E-state index in [0.717, 1.165) is 17.0 Å². The maximum atomic E-state index is 11.8. The Labute approximate surface area is 128 Å². The molecule has 2 heterocycles. The van der Waals surface area contributed by atoms with Crippen molar-refractivity contribution in [1.29, 1.82) is 0 Å². The number of carbonyl (C=O) groups excluding carboxylic acids is 1. The van der Waals surface area contributed by atoms with E-state index in [0.29, 0.717) is 5.88 Å². The molecule has 108 valence electrons. The molecule has 0 radical (unpaired) electrons. The van der Waals surface area contributed by atoms with E-state index in [1.807, 2.05) is 37.1 Å². The van der Waals surface area contributed by atoms with Crippen LogP contribution in [0.15, 0.2) is 42.0 Å². The molecule has 21 heavy (non-hydrogen) atoms. The van der Waals surface area contributed by atoms with Crippen LogP contribution in [0.1, 0.15) is 5.56 Å². The first-order valence-corrected chi connectivity index (χ1v) is 6.82. The Balaban J connectivity index is 1.87. The van der Waals surface area contributed by atoms with Gasteiger partial charge in [0, 0.05) is 20.2 Å². The van der Waals surface area contributed by atoms with Crippen molar-refractivity contribution in [2.45, 2.75) is 6.92 Å². The second kappa shape index (κ2) is 4.89. The second-order valence-electron chi connectivity index (χ2n) is 4.90. The molecule has 2 aliphatic rings. The summed E-state index contributed by atoms with van der Waals surface area (Å²) in [5.41, 5.74) is 2.15. The number of benzene rings is 1. The lowest BCUT2D eigenvalue weighted by Crippen LogP contribution is -2.22. The number of fused-ring (bicyclic) bond motifs is 1. The van der Waals surface area contributed by atoms with Crippen LogP contribution in [0.2, 0.25) is 0 Å². The molecular weight excluding hydrogens is 288 g/mol. The number of rotatable bonds is 1. The maximum absolute atomic E-state index is 11.8. The fraction of sp³-hybridized carbons (Fsp3) is 0.200. The van der Waals surface area contributed by atoms with Crippen LogP contribution in [0.25, 0.3) is 0 Å². The predicted molar refractivity (Wildman–Crippen MR) is 82.8 cm³/mol. The van der Waals surface area contributed by atoms with Crippen LogP contribution < -0.4 is 9.64 Å². The van der Waals surface area contributed by atoms with Crippen LogP contribution in [-0.4, -0.2) is 30.1 Å². The summed E-state index contributed by atoms with van der Waals surface area (Å²) in [4.78, 5) is 15.0. The summed E-state index contributed by atoms with van der Waals surface area (Å²) < 4.78 is 11.0. The van der Waals surface area contributed by atoms with Crippen LogP contribution in [0.3, 0.4) is 0 Å². The summed E-state index contributed by atoms with van der Waals surface area (Å²) in [5, 5.41) is 0.157. The van der Waals surface area contributed by atoms with E-state index in [-0.39, 0.29) is 16.8 Å². The number of ether oxygens (including phenoxy) is 2. The average molecular weight is 302 g/mol. The number of thiocarbonyl (C=S) groups is 1. The Kier molecular flexibility index (Phi) is 3.17. The Morgan fingerprint density at radius 3 is 2.57 bits per heavy atom. The lowest BCUT2D eigenvalue weighted by Gasteiger charge is -2.10. The van der Waals surface area contributed by atoms with E-state index in [1.54, 1.807) is 19.2 Å². The minimum absolute atomic E-state index is 0.157. The van der Waals surface area contributed by atoms with E-state index in [4.69, 9.17) is 21.7 Å². The van der Waals surface area contributed by atoms with Crippen molar-refractivity contribution >= 4 is 29.0 Å². The minimum Gasteiger partial charge on any atom is -0.439 e. The molecule has 0 N–H and O–H groups in total. The van der Waals surface area contributed by atoms with Gasteiger partial charge in [-0.15, -0.1) is 0 Å². The molecule has 5 nitrogen and oxygen atoms in total. The monoisotopic (exact) mass is 302 g/mol. The molecule has 1 saturated heterocycles. The normalized spacial score (nSPS) is 21.1. The van der Waals surface area contributed by atoms with E-state index in [9.17, 15) is 4.79 Å². The number of hydrogen-bond donors (Lipinski definition) is 0. The number of aryl methyl sites for hydroxylation is 1. The quantitative estimate of drug-likeness (QED) is 0.588. The second-order valence-corrected chi connectivity index (χ2v) is 5.25. The summed E-state index contributed by atoms with van der Waals surface area (Å²) in [5.74, 6) is 1.35. The van der Waals surface area contributed by atoms with Gasteiger partial charge in [0.2, 0.25) is 5.88 Å². The molecular formula is C15H14N2O3S. The third-order valence-electron chi connectivity index (χ3n) is 3.38. The van der Waals surface area contributed by atoms with Gasteiger partial charge in [0.05, 0.1) is 5.69 Å². The number of allylic oxidation sites excluding steroid dienone is 2. The van der Waals surface area contributed by atoms with E-state index < -0.39 is 0 Å². The van der Waals surface area contributed by atoms with Crippen LogP contribution in [0.4, 0.5) is 5.69 Å². The SMILES string of the molecule is Cc1ccc2c(c1)N(C)C(=CC=C1OC(=S)N(C)C1=O)O2. The van der Waals surface area contributed by atoms with Gasteiger partial charge in [-0.05, 0) is 42.9 Å². The number of carbonyl (C=O) groups is 1. The summed E-state index contributed by atoms with van der Waals surface area (Å²) in [6.07, 6.45) is 3.27. The largest absolute Gasteiger partial charge is 0.439 e. The number of likely N-dealkylation sites (N-methyl/N-ethyl adjacent to an activating group) is 1. The van der Waals surface area contributed by atoms with Gasteiger partial charge in [-0.1, -0.05) is 6.07 Å². The Morgan fingerprint density at radius 1 is 1.14 bits per heavy atom. The summed E-state index contributed by atoms with van der Waals surface area (Å²) in [6, 6.07) is 5.96. The molecule has 0 bridgehead atoms. The highest BCUT2D eigenvalue weighted by molar-refractivity contribution is 7.80. The zero-order valence-electron chi connectivity index (χ0n) is 11.9. The van der Waals surface area contributed by atoms with Crippen LogP contribution in [0.5, 0.6) is 5.75 Å². The van der Waals surface area contributed by atoms with Gasteiger partial charge in [0.25, 0.3) is 11.1 Å². The molecule has 0 unspecified atom stereocenters. The van der Waals surface area contributed by atoms with Crippen LogP contribution in [0, 0.1) is 6.92 Å². The van der Waals surface area contributed by atoms with Gasteiger partial charge in [0.1, 0.15) is 0 Å². The van der Waals surface area contributed by atoms with Gasteiger partial charge in [-0.25, -0.2) is 0 Å². The number of anilines is 1. The van der Waals surface area contributed by atoms with Gasteiger partial charge < -0.3 is 14.4 Å². The van der Waals surface area contributed by atoms with Crippen molar-refractivity contribution in [3.63, 3.8) is 0 Å². The van der Waals surface area contributed by atoms with Crippen LogP contribution in [-0.2, 0) is 9.53 Å². The lowest BCUT2D eigenvalue weighted by molar-refractivity contribution is -0.122. The molecule has 0 atom stereocenters. The average Bonchev–Trinajstić information content (AvgIpc) is 2.89. The minimum atomic E-state index is -0.258. The highest BCUT2D eigenvalue weighted by Gasteiger charge is 2.30. The zero-order chi connectivity index (χ0) is 15.1. The first-order valence-electron chi connectivity index (χ1n) is 6.41. The summed E-state index contributed by atoms with van der Waals surface area (Å²) >= 11 is 4.92. The van der Waals surface area contributed by atoms with Gasteiger partial charge in [-0.2, -0.15) is 0 Å². The standard InChI is InChI=1S/C15H14N2O3S/c1-9-4-5-11-10(8-9)16(2)13(19-11)7-6-12-14(18)17(3)15(21)20-12/h4-8H,1-3H3. The number of nitrogens with zero attached hydrogens (tertiary/aromatic N) is 2. The third kappa shape index (κ3) is 2.27. The molecule has 2 aliphatic heterocycles. The van der Waals surface area contributed by atoms with Gasteiger partial charge in [-0.3, -0.25) is 9.69 Å². The first-order chi connectivity index (χ1) is 9.97. The van der Waals surface area contributed by atoms with Gasteiger partial charge >= 0.3 is 0 Å². The van der Waals surface area contributed by atoms with E-state index in [2.05, 4.69) is 0 Å². The molecule has 0 aliphatic carbocycles. The van der Waals surface area contributed by atoms with Crippen molar-refractivity contribution in [3.05, 3.63) is 47.6 Å². The Bertz CT molecular complexity index is 709. The fourth-order valence-electron chi connectivity index (χ4n) is 2.13. The zero-order valence-corrected chi connectivity index (χ0v) is 12.7. The maximum Gasteiger partial charge on any atom is 0.296 e. The van der Waals surface area contributed by atoms with Gasteiger partial charge in [0.15, 0.2) is 11.5 Å². The highest BCUT2D eigenvalue weighted by atomic mass is 32.1. The lowest BCUT2D eigenvalue weighted by atomic mass is 10.2. The number of hydrogen-bond acceptors (Lipinski definition) is 5. The smallest absolute Gasteiger partial charge is 0.296 e. The Morgan fingerprint density at radius 2 is 1.90 bits per heavy atom. The molecule has 1 aromatic carbocycles. The molecule has 1 fully saturated rings. The third-order valence-corrected chi connectivity index (χ3v) is 3.74. The van der Waals surface area contributed by atoms with Crippen molar-refractivity contribution in [2.75, 3.05) is 19.0 Å². The molecule has 1 aromatic rings. The molecule has 0 spiro atoms. The van der Waals surface area contributed by atoms with E-state index >= 15 is 0 Å². The number of amides is 1. The fourth-order valence-corrected chi connectivity index (χ4v) is 2.30. The van der Waals surface area contributed by atoms with Crippen molar-refractivity contribution in [1.82, 2.24) is 4.90 Å². The predicted octanol–water partition coefficient (Wildman–Crippen LogP) is 2.32. The van der Waals surface area contributed by atoms with Crippen molar-refractivity contribution in [3.8, 4) is 5.75 Å². The molecule has 1 amide bonds. The Hall–Kier alpha value is -2.34. The molecule has 3 rings (SSSR count). The van der Waals surface area contributed by atoms with Crippen LogP contribution >= 0.6 is 12.2 Å². The van der Waals surface area contributed by atoms with Crippen molar-refractivity contribution < 1.29 is 14.3 Å².